The van der Waals surface area contributed by atoms with Crippen LogP contribution in [0.1, 0.15) is 24.0 Å². The largest absolute Gasteiger partial charge is 0.416 e. The van der Waals surface area contributed by atoms with Gasteiger partial charge in [-0.3, -0.25) is 0 Å². The first kappa shape index (κ1) is 13.3. The Balaban J connectivity index is 2.22. The quantitative estimate of drug-likeness (QED) is 0.810. The van der Waals surface area contributed by atoms with Crippen molar-refractivity contribution in [3.8, 4) is 6.07 Å². The molecule has 1 aromatic carbocycles. The van der Waals surface area contributed by atoms with Gasteiger partial charge in [0, 0.05) is 6.42 Å². The van der Waals surface area contributed by atoms with E-state index in [9.17, 15) is 18.4 Å². The minimum absolute atomic E-state index is 0.387. The van der Waals surface area contributed by atoms with Gasteiger partial charge in [0.15, 0.2) is 0 Å². The highest BCUT2D eigenvalue weighted by atomic mass is 32.2. The number of rotatable bonds is 2. The maximum absolute atomic E-state index is 12.6. The van der Waals surface area contributed by atoms with Gasteiger partial charge in [-0.2, -0.15) is 18.4 Å². The molecule has 1 nitrogen and oxygen atoms in total. The van der Waals surface area contributed by atoms with Gasteiger partial charge in [0.2, 0.25) is 0 Å². The molecule has 0 bridgehead atoms. The van der Waals surface area contributed by atoms with Crippen LogP contribution in [0.5, 0.6) is 0 Å². The number of nitriles is 1. The van der Waals surface area contributed by atoms with Gasteiger partial charge >= 0.3 is 6.18 Å². The molecule has 1 aliphatic heterocycles. The van der Waals surface area contributed by atoms with Crippen LogP contribution in [0.25, 0.3) is 0 Å². The molecule has 1 heterocycles. The summed E-state index contributed by atoms with van der Waals surface area (Å²) in [4.78, 5) is 0. The van der Waals surface area contributed by atoms with Crippen molar-refractivity contribution >= 4 is 11.8 Å². The van der Waals surface area contributed by atoms with Gasteiger partial charge in [-0.25, -0.2) is 0 Å². The van der Waals surface area contributed by atoms with Crippen molar-refractivity contribution in [3.63, 3.8) is 0 Å². The van der Waals surface area contributed by atoms with Gasteiger partial charge in [-0.05, 0) is 30.2 Å². The summed E-state index contributed by atoms with van der Waals surface area (Å²) < 4.78 is 37.2. The van der Waals surface area contributed by atoms with Crippen LogP contribution in [0.15, 0.2) is 24.3 Å². The zero-order valence-electron chi connectivity index (χ0n) is 9.63. The van der Waals surface area contributed by atoms with Crippen LogP contribution >= 0.6 is 11.8 Å². The molecule has 1 atom stereocenters. The van der Waals surface area contributed by atoms with E-state index in [1.165, 1.54) is 6.07 Å². The summed E-state index contributed by atoms with van der Waals surface area (Å²) in [7, 11) is 0. The van der Waals surface area contributed by atoms with Crippen LogP contribution in [0.4, 0.5) is 13.2 Å². The van der Waals surface area contributed by atoms with E-state index in [2.05, 4.69) is 6.07 Å². The van der Waals surface area contributed by atoms with Crippen LogP contribution < -0.4 is 0 Å². The molecule has 1 unspecified atom stereocenters. The molecule has 0 spiro atoms. The van der Waals surface area contributed by atoms with Gasteiger partial charge in [0.1, 0.15) is 4.75 Å². The molecule has 1 aliphatic rings. The maximum Gasteiger partial charge on any atom is 0.416 e. The van der Waals surface area contributed by atoms with Crippen LogP contribution in [0, 0.1) is 11.3 Å². The van der Waals surface area contributed by atoms with Gasteiger partial charge in [0.05, 0.1) is 11.6 Å². The van der Waals surface area contributed by atoms with Gasteiger partial charge < -0.3 is 0 Å². The fourth-order valence-corrected chi connectivity index (χ4v) is 3.45. The van der Waals surface area contributed by atoms with E-state index >= 15 is 0 Å². The second-order valence-corrected chi connectivity index (χ2v) is 5.91. The Morgan fingerprint density at radius 1 is 1.39 bits per heavy atom. The lowest BCUT2D eigenvalue weighted by Crippen LogP contribution is -2.22. The third-order valence-electron chi connectivity index (χ3n) is 3.05. The van der Waals surface area contributed by atoms with Crippen molar-refractivity contribution in [2.24, 2.45) is 0 Å². The number of nitrogens with zero attached hydrogens (tertiary/aromatic N) is 1. The Labute approximate surface area is 108 Å². The summed E-state index contributed by atoms with van der Waals surface area (Å²) in [6.45, 7) is 0. The standard InChI is InChI=1S/C13H12F3NS/c14-13(15,16)11-4-1-3-10(7-11)8-12(9-17)5-2-6-18-12/h1,3-4,7H,2,5-6,8H2. The normalized spacial score (nSPS) is 23.9. The molecule has 0 N–H and O–H groups in total. The van der Waals surface area contributed by atoms with Crippen LogP contribution in [-0.4, -0.2) is 10.5 Å². The number of hydrogen-bond acceptors (Lipinski definition) is 2. The molecule has 1 fully saturated rings. The molecule has 5 heteroatoms. The summed E-state index contributed by atoms with van der Waals surface area (Å²) >= 11 is 1.56. The number of thioether (sulfide) groups is 1. The maximum atomic E-state index is 12.6. The average Bonchev–Trinajstić information content (AvgIpc) is 2.77. The Hall–Kier alpha value is -1.15. The molecule has 0 radical (unpaired) electrons. The molecule has 1 aromatic rings. The van der Waals surface area contributed by atoms with E-state index in [0.29, 0.717) is 12.0 Å². The Bertz CT molecular complexity index is 470. The fraction of sp³-hybridized carbons (Fsp3) is 0.462. The first-order chi connectivity index (χ1) is 8.45. The summed E-state index contributed by atoms with van der Waals surface area (Å²) in [5, 5.41) is 9.21. The zero-order chi connectivity index (χ0) is 13.2. The molecule has 2 rings (SSSR count). The minimum Gasteiger partial charge on any atom is -0.197 e. The lowest BCUT2D eigenvalue weighted by molar-refractivity contribution is -0.137. The second kappa shape index (κ2) is 4.85. The first-order valence-electron chi connectivity index (χ1n) is 5.67. The molecule has 1 saturated heterocycles. The highest BCUT2D eigenvalue weighted by molar-refractivity contribution is 8.01. The highest BCUT2D eigenvalue weighted by Crippen LogP contribution is 2.40. The number of benzene rings is 1. The van der Waals surface area contributed by atoms with Gasteiger partial charge in [-0.15, -0.1) is 11.8 Å². The fourth-order valence-electron chi connectivity index (χ4n) is 2.15. The third kappa shape index (κ3) is 2.81. The van der Waals surface area contributed by atoms with Crippen molar-refractivity contribution in [1.29, 1.82) is 5.26 Å². The lowest BCUT2D eigenvalue weighted by atomic mass is 9.95. The third-order valence-corrected chi connectivity index (χ3v) is 4.54. The highest BCUT2D eigenvalue weighted by Gasteiger charge is 2.36. The predicted molar refractivity (Wildman–Crippen MR) is 65.2 cm³/mol. The van der Waals surface area contributed by atoms with E-state index in [4.69, 9.17) is 0 Å². The van der Waals surface area contributed by atoms with E-state index in [1.54, 1.807) is 17.8 Å². The minimum atomic E-state index is -4.32. The first-order valence-corrected chi connectivity index (χ1v) is 6.65. The average molecular weight is 271 g/mol. The number of alkyl halides is 3. The van der Waals surface area contributed by atoms with Crippen LogP contribution in [0.3, 0.4) is 0 Å². The molecule has 0 saturated carbocycles. The SMILES string of the molecule is N#CC1(Cc2cccc(C(F)(F)F)c2)CCCS1. The molecule has 0 aliphatic carbocycles. The van der Waals surface area contributed by atoms with Crippen molar-refractivity contribution in [3.05, 3.63) is 35.4 Å². The second-order valence-electron chi connectivity index (χ2n) is 4.43. The predicted octanol–water partition coefficient (Wildman–Crippen LogP) is 4.04. The lowest BCUT2D eigenvalue weighted by Gasteiger charge is -2.19. The van der Waals surface area contributed by atoms with Gasteiger partial charge in [-0.1, -0.05) is 18.2 Å². The van der Waals surface area contributed by atoms with Crippen molar-refractivity contribution in [1.82, 2.24) is 0 Å². The van der Waals surface area contributed by atoms with E-state index in [1.807, 2.05) is 0 Å². The molecule has 0 amide bonds. The smallest absolute Gasteiger partial charge is 0.197 e. The van der Waals surface area contributed by atoms with Crippen LogP contribution in [-0.2, 0) is 12.6 Å². The summed E-state index contributed by atoms with van der Waals surface area (Å²) in [5.41, 5.74) is -0.0585. The summed E-state index contributed by atoms with van der Waals surface area (Å²) in [5.74, 6) is 0.909. The summed E-state index contributed by atoms with van der Waals surface area (Å²) in [6, 6.07) is 7.54. The molecular weight excluding hydrogens is 259 g/mol. The van der Waals surface area contributed by atoms with Crippen LogP contribution in [0.2, 0.25) is 0 Å². The van der Waals surface area contributed by atoms with E-state index in [0.717, 1.165) is 30.7 Å². The van der Waals surface area contributed by atoms with E-state index < -0.39 is 16.5 Å². The van der Waals surface area contributed by atoms with Crippen molar-refractivity contribution < 1.29 is 13.2 Å². The van der Waals surface area contributed by atoms with Gasteiger partial charge in [0.25, 0.3) is 0 Å². The molecule has 18 heavy (non-hydrogen) atoms. The number of halogens is 3. The molecular formula is C13H12F3NS. The topological polar surface area (TPSA) is 23.8 Å². The Morgan fingerprint density at radius 2 is 2.17 bits per heavy atom. The van der Waals surface area contributed by atoms with Crippen molar-refractivity contribution in [2.45, 2.75) is 30.2 Å². The van der Waals surface area contributed by atoms with E-state index in [-0.39, 0.29) is 0 Å². The Kier molecular flexibility index (Phi) is 3.58. The monoisotopic (exact) mass is 271 g/mol. The zero-order valence-corrected chi connectivity index (χ0v) is 10.4. The summed E-state index contributed by atoms with van der Waals surface area (Å²) in [6.07, 6.45) is -2.22. The molecule has 96 valence electrons. The van der Waals surface area contributed by atoms with Crippen molar-refractivity contribution in [2.75, 3.05) is 5.75 Å². The number of hydrogen-bond donors (Lipinski definition) is 0. The molecule has 0 aromatic heterocycles. The Morgan fingerprint density at radius 3 is 2.72 bits per heavy atom.